The number of nitrogens with two attached hydrogens (primary N) is 1. The molecule has 0 unspecified atom stereocenters. The molecule has 1 aromatic carbocycles. The van der Waals surface area contributed by atoms with Crippen LogP contribution in [0.15, 0.2) is 18.2 Å². The van der Waals surface area contributed by atoms with Crippen molar-refractivity contribution in [2.45, 2.75) is 12.5 Å². The SMILES string of the molecule is NC1CN(C(=O)Cc2c(F)cccc2F)C1. The van der Waals surface area contributed by atoms with Gasteiger partial charge in [0.15, 0.2) is 0 Å². The average Bonchev–Trinajstić information content (AvgIpc) is 2.19. The fourth-order valence-electron chi connectivity index (χ4n) is 1.68. The van der Waals surface area contributed by atoms with Crippen molar-refractivity contribution in [2.24, 2.45) is 5.73 Å². The first-order chi connectivity index (χ1) is 7.58. The van der Waals surface area contributed by atoms with E-state index >= 15 is 0 Å². The van der Waals surface area contributed by atoms with E-state index < -0.39 is 11.6 Å². The highest BCUT2D eigenvalue weighted by Crippen LogP contribution is 2.15. The van der Waals surface area contributed by atoms with Crippen LogP contribution in [0.2, 0.25) is 0 Å². The van der Waals surface area contributed by atoms with Crippen LogP contribution >= 0.6 is 0 Å². The lowest BCUT2D eigenvalue weighted by Crippen LogP contribution is -2.58. The molecule has 2 N–H and O–H groups in total. The van der Waals surface area contributed by atoms with Crippen LogP contribution in [0.3, 0.4) is 0 Å². The summed E-state index contributed by atoms with van der Waals surface area (Å²) in [4.78, 5) is 13.1. The molecule has 3 nitrogen and oxygen atoms in total. The van der Waals surface area contributed by atoms with Gasteiger partial charge in [-0.1, -0.05) is 6.07 Å². The first-order valence-electron chi connectivity index (χ1n) is 5.04. The molecule has 1 heterocycles. The maximum Gasteiger partial charge on any atom is 0.227 e. The number of rotatable bonds is 2. The molecule has 0 saturated carbocycles. The molecule has 1 fully saturated rings. The summed E-state index contributed by atoms with van der Waals surface area (Å²) >= 11 is 0. The summed E-state index contributed by atoms with van der Waals surface area (Å²) in [6, 6.07) is 3.56. The minimum atomic E-state index is -0.682. The van der Waals surface area contributed by atoms with Crippen LogP contribution in [-0.2, 0) is 11.2 Å². The van der Waals surface area contributed by atoms with Gasteiger partial charge in [-0.05, 0) is 12.1 Å². The Balaban J connectivity index is 2.06. The zero-order valence-electron chi connectivity index (χ0n) is 8.62. The maximum absolute atomic E-state index is 13.2. The van der Waals surface area contributed by atoms with E-state index in [4.69, 9.17) is 5.73 Å². The molecule has 0 aliphatic carbocycles. The van der Waals surface area contributed by atoms with Crippen LogP contribution in [0.5, 0.6) is 0 Å². The number of carbonyl (C=O) groups excluding carboxylic acids is 1. The number of benzene rings is 1. The van der Waals surface area contributed by atoms with Crippen LogP contribution in [0, 0.1) is 11.6 Å². The number of carbonyl (C=O) groups is 1. The molecule has 86 valence electrons. The summed E-state index contributed by atoms with van der Waals surface area (Å²) < 4.78 is 26.5. The van der Waals surface area contributed by atoms with Gasteiger partial charge in [0.05, 0.1) is 6.42 Å². The summed E-state index contributed by atoms with van der Waals surface area (Å²) in [5.41, 5.74) is 5.34. The van der Waals surface area contributed by atoms with Crippen LogP contribution in [0.4, 0.5) is 8.78 Å². The van der Waals surface area contributed by atoms with Gasteiger partial charge in [0.2, 0.25) is 5.91 Å². The largest absolute Gasteiger partial charge is 0.339 e. The molecule has 0 bridgehead atoms. The van der Waals surface area contributed by atoms with Crippen molar-refractivity contribution in [1.29, 1.82) is 0 Å². The Bertz CT molecular complexity index is 396. The lowest BCUT2D eigenvalue weighted by atomic mass is 10.1. The second-order valence-electron chi connectivity index (χ2n) is 3.94. The van der Waals surface area contributed by atoms with E-state index in [1.54, 1.807) is 0 Å². The number of likely N-dealkylation sites (tertiary alicyclic amines) is 1. The lowest BCUT2D eigenvalue weighted by Gasteiger charge is -2.36. The third-order valence-corrected chi connectivity index (χ3v) is 2.65. The van der Waals surface area contributed by atoms with Crippen LogP contribution in [0.25, 0.3) is 0 Å². The Morgan fingerprint density at radius 1 is 1.38 bits per heavy atom. The van der Waals surface area contributed by atoms with Crippen molar-refractivity contribution in [2.75, 3.05) is 13.1 Å². The molecule has 0 aromatic heterocycles. The second kappa shape index (κ2) is 4.17. The molecular formula is C11H12F2N2O. The summed E-state index contributed by atoms with van der Waals surface area (Å²) in [6.07, 6.45) is -0.245. The zero-order valence-corrected chi connectivity index (χ0v) is 8.62. The van der Waals surface area contributed by atoms with Crippen LogP contribution in [-0.4, -0.2) is 29.9 Å². The third-order valence-electron chi connectivity index (χ3n) is 2.65. The van der Waals surface area contributed by atoms with Gasteiger partial charge in [-0.15, -0.1) is 0 Å². The van der Waals surface area contributed by atoms with Gasteiger partial charge in [-0.3, -0.25) is 4.79 Å². The Morgan fingerprint density at radius 2 is 1.94 bits per heavy atom. The third kappa shape index (κ3) is 2.04. The van der Waals surface area contributed by atoms with E-state index in [0.29, 0.717) is 13.1 Å². The molecule has 5 heteroatoms. The molecule has 16 heavy (non-hydrogen) atoms. The molecule has 1 saturated heterocycles. The fourth-order valence-corrected chi connectivity index (χ4v) is 1.68. The monoisotopic (exact) mass is 226 g/mol. The number of hydrogen-bond acceptors (Lipinski definition) is 2. The van der Waals surface area contributed by atoms with Crippen molar-refractivity contribution in [3.63, 3.8) is 0 Å². The molecule has 0 atom stereocenters. The Hall–Kier alpha value is -1.49. The molecular weight excluding hydrogens is 214 g/mol. The number of halogens is 2. The van der Waals surface area contributed by atoms with Crippen molar-refractivity contribution >= 4 is 5.91 Å². The van der Waals surface area contributed by atoms with Crippen molar-refractivity contribution in [1.82, 2.24) is 4.90 Å². The highest BCUT2D eigenvalue weighted by molar-refractivity contribution is 5.79. The number of amides is 1. The Kier molecular flexibility index (Phi) is 2.87. The topological polar surface area (TPSA) is 46.3 Å². The van der Waals surface area contributed by atoms with Gasteiger partial charge in [0.1, 0.15) is 11.6 Å². The quantitative estimate of drug-likeness (QED) is 0.806. The van der Waals surface area contributed by atoms with E-state index in [-0.39, 0.29) is 23.9 Å². The summed E-state index contributed by atoms with van der Waals surface area (Å²) in [6.45, 7) is 0.934. The zero-order chi connectivity index (χ0) is 11.7. The smallest absolute Gasteiger partial charge is 0.227 e. The predicted octanol–water partition coefficient (Wildman–Crippen LogP) is 0.677. The van der Waals surface area contributed by atoms with Crippen molar-refractivity contribution < 1.29 is 13.6 Å². The van der Waals surface area contributed by atoms with E-state index in [0.717, 1.165) is 12.1 Å². The molecule has 0 radical (unpaired) electrons. The first-order valence-corrected chi connectivity index (χ1v) is 5.04. The van der Waals surface area contributed by atoms with Gasteiger partial charge in [-0.2, -0.15) is 0 Å². The van der Waals surface area contributed by atoms with Gasteiger partial charge >= 0.3 is 0 Å². The van der Waals surface area contributed by atoms with Gasteiger partial charge in [-0.25, -0.2) is 8.78 Å². The molecule has 1 aromatic rings. The summed E-state index contributed by atoms with van der Waals surface area (Å²) in [5.74, 6) is -1.65. The highest BCUT2D eigenvalue weighted by Gasteiger charge is 2.28. The van der Waals surface area contributed by atoms with E-state index in [9.17, 15) is 13.6 Å². The summed E-state index contributed by atoms with van der Waals surface area (Å²) in [5, 5.41) is 0. The molecule has 0 spiro atoms. The Labute approximate surface area is 91.8 Å². The van der Waals surface area contributed by atoms with Gasteiger partial charge < -0.3 is 10.6 Å². The molecule has 1 aliphatic rings. The van der Waals surface area contributed by atoms with Crippen molar-refractivity contribution in [3.05, 3.63) is 35.4 Å². The predicted molar refractivity (Wildman–Crippen MR) is 54.6 cm³/mol. The minimum absolute atomic E-state index is 0.00517. The van der Waals surface area contributed by atoms with Gasteiger partial charge in [0, 0.05) is 24.7 Å². The first kappa shape index (κ1) is 11.0. The van der Waals surface area contributed by atoms with Crippen molar-refractivity contribution in [3.8, 4) is 0 Å². The second-order valence-corrected chi connectivity index (χ2v) is 3.94. The number of hydrogen-bond donors (Lipinski definition) is 1. The van der Waals surface area contributed by atoms with E-state index in [1.807, 2.05) is 0 Å². The maximum atomic E-state index is 13.2. The molecule has 1 amide bonds. The normalized spacial score (nSPS) is 16.1. The minimum Gasteiger partial charge on any atom is -0.339 e. The van der Waals surface area contributed by atoms with E-state index in [1.165, 1.54) is 11.0 Å². The van der Waals surface area contributed by atoms with Gasteiger partial charge in [0.25, 0.3) is 0 Å². The van der Waals surface area contributed by atoms with E-state index in [2.05, 4.69) is 0 Å². The fraction of sp³-hybridized carbons (Fsp3) is 0.364. The Morgan fingerprint density at radius 3 is 2.44 bits per heavy atom. The molecule has 2 rings (SSSR count). The van der Waals surface area contributed by atoms with Crippen LogP contribution in [0.1, 0.15) is 5.56 Å². The highest BCUT2D eigenvalue weighted by atomic mass is 19.1. The molecule has 1 aliphatic heterocycles. The lowest BCUT2D eigenvalue weighted by molar-refractivity contribution is -0.134. The van der Waals surface area contributed by atoms with Crippen LogP contribution < -0.4 is 5.73 Å². The standard InChI is InChI=1S/C11H12F2N2O/c12-9-2-1-3-10(13)8(9)4-11(16)15-5-7(14)6-15/h1-3,7H,4-6,14H2. The number of nitrogens with zero attached hydrogens (tertiary/aromatic N) is 1. The summed E-state index contributed by atoms with van der Waals surface area (Å²) in [7, 11) is 0. The average molecular weight is 226 g/mol.